The van der Waals surface area contributed by atoms with Gasteiger partial charge in [-0.3, -0.25) is 9.32 Å². The fourth-order valence-corrected chi connectivity index (χ4v) is 8.35. The van der Waals surface area contributed by atoms with Crippen molar-refractivity contribution >= 4 is 30.7 Å². The van der Waals surface area contributed by atoms with Gasteiger partial charge in [-0.15, -0.1) is 0 Å². The lowest BCUT2D eigenvalue weighted by Crippen LogP contribution is -2.38. The third kappa shape index (κ3) is 4.56. The van der Waals surface area contributed by atoms with E-state index in [2.05, 4.69) is 24.9 Å². The summed E-state index contributed by atoms with van der Waals surface area (Å²) in [4.78, 5) is 25.9. The average molecular weight is 569 g/mol. The highest BCUT2D eigenvalue weighted by Gasteiger charge is 2.63. The minimum atomic E-state index is -3.94. The summed E-state index contributed by atoms with van der Waals surface area (Å²) in [5, 5.41) is 6.22. The first kappa shape index (κ1) is 25.9. The number of methoxy groups -OCH3 is 1. The first-order chi connectivity index (χ1) is 19.4. The first-order valence-electron chi connectivity index (χ1n) is 13.8. The van der Waals surface area contributed by atoms with E-state index in [1.54, 1.807) is 37.5 Å². The number of nitrogens with one attached hydrogen (secondary N) is 2. The number of aromatic nitrogens is 4. The molecule has 12 nitrogen and oxygen atoms in total. The molecule has 1 aliphatic heterocycles. The normalized spacial score (nSPS) is 30.8. The smallest absolute Gasteiger partial charge is 0.459 e. The van der Waals surface area contributed by atoms with Crippen LogP contribution < -0.4 is 14.9 Å². The lowest BCUT2D eigenvalue weighted by atomic mass is 9.78. The topological polar surface area (TPSA) is 139 Å². The quantitative estimate of drug-likeness (QED) is 0.259. The summed E-state index contributed by atoms with van der Waals surface area (Å²) < 4.78 is 39.2. The van der Waals surface area contributed by atoms with E-state index in [4.69, 9.17) is 23.5 Å². The molecule has 3 aromatic rings. The van der Waals surface area contributed by atoms with Crippen LogP contribution in [-0.4, -0.2) is 64.0 Å². The summed E-state index contributed by atoms with van der Waals surface area (Å²) >= 11 is 0. The van der Waals surface area contributed by atoms with Crippen molar-refractivity contribution in [3.05, 3.63) is 43.0 Å². The summed E-state index contributed by atoms with van der Waals surface area (Å²) in [5.74, 6) is 1.57. The fraction of sp³-hybridized carbons (Fsp3) is 0.556. The van der Waals surface area contributed by atoms with Crippen molar-refractivity contribution in [2.75, 3.05) is 25.6 Å². The highest BCUT2D eigenvalue weighted by atomic mass is 31.2. The van der Waals surface area contributed by atoms with Gasteiger partial charge < -0.3 is 23.9 Å². The molecule has 7 rings (SSSR count). The predicted octanol–water partition coefficient (Wildman–Crippen LogP) is 3.58. The standard InChI is InChI=1S/C27H33N6O6P/c1-15(27(34)36-2)32-40(35,39-17-6-4-3-5-7-17)38-12-21-18-10-19-20(21)11-37-24(19)23(18)33-14-30-22-25(31-16-8-9-16)28-13-29-26(22)33/h3-7,13-16,18-21,23-24H,8-12H2,1-2H3,(H,32,35)(H,28,29,31)/t15-,18?,19?,20?,21?,23?,24?,40?/m0/s1. The second kappa shape index (κ2) is 10.1. The maximum absolute atomic E-state index is 14.0. The number of hydrogen-bond acceptors (Lipinski definition) is 10. The fourth-order valence-electron chi connectivity index (χ4n) is 6.83. The summed E-state index contributed by atoms with van der Waals surface area (Å²) in [6.07, 6.45) is 6.78. The van der Waals surface area contributed by atoms with Gasteiger partial charge in [-0.05, 0) is 62.0 Å². The average Bonchev–Trinajstić information content (AvgIpc) is 3.26. The van der Waals surface area contributed by atoms with Crippen LogP contribution in [0.1, 0.15) is 32.2 Å². The lowest BCUT2D eigenvalue weighted by Gasteiger charge is -2.34. The molecule has 40 heavy (non-hydrogen) atoms. The van der Waals surface area contributed by atoms with Crippen LogP contribution >= 0.6 is 7.75 Å². The van der Waals surface area contributed by atoms with E-state index in [1.165, 1.54) is 7.11 Å². The van der Waals surface area contributed by atoms with Crippen LogP contribution in [0.4, 0.5) is 5.82 Å². The van der Waals surface area contributed by atoms with Gasteiger partial charge >= 0.3 is 13.7 Å². The van der Waals surface area contributed by atoms with E-state index in [1.807, 2.05) is 12.4 Å². The molecule has 8 atom stereocenters. The van der Waals surface area contributed by atoms with E-state index in [0.29, 0.717) is 30.2 Å². The molecular weight excluding hydrogens is 535 g/mol. The van der Waals surface area contributed by atoms with Crippen molar-refractivity contribution in [2.45, 2.75) is 50.4 Å². The van der Waals surface area contributed by atoms with Gasteiger partial charge in [-0.2, -0.15) is 5.09 Å². The second-order valence-corrected chi connectivity index (χ2v) is 12.9. The monoisotopic (exact) mass is 568 g/mol. The Hall–Kier alpha value is -3.05. The predicted molar refractivity (Wildman–Crippen MR) is 145 cm³/mol. The Morgan fingerprint density at radius 3 is 2.77 bits per heavy atom. The molecule has 2 aromatic heterocycles. The molecule has 3 saturated carbocycles. The number of anilines is 1. The molecule has 0 radical (unpaired) electrons. The number of ether oxygens (including phenoxy) is 2. The van der Waals surface area contributed by atoms with Crippen LogP contribution in [0.2, 0.25) is 0 Å². The molecular formula is C27H33N6O6P. The SMILES string of the molecule is COC(=O)[C@H](C)NP(=O)(OCC1C2COC3C2CC1C3n1cnc2c(NC3CC3)ncnc21)Oc1ccccc1. The number of imidazole rings is 1. The molecule has 13 heteroatoms. The minimum Gasteiger partial charge on any atom is -0.468 e. The summed E-state index contributed by atoms with van der Waals surface area (Å²) in [6, 6.07) is 8.39. The van der Waals surface area contributed by atoms with Gasteiger partial charge in [0.2, 0.25) is 0 Å². The van der Waals surface area contributed by atoms with Crippen LogP contribution in [0.25, 0.3) is 11.2 Å². The highest BCUT2D eigenvalue weighted by molar-refractivity contribution is 7.52. The molecule has 4 fully saturated rings. The maximum atomic E-state index is 14.0. The van der Waals surface area contributed by atoms with E-state index >= 15 is 0 Å². The first-order valence-corrected chi connectivity index (χ1v) is 15.4. The molecule has 212 valence electrons. The Kier molecular flexibility index (Phi) is 6.53. The maximum Gasteiger partial charge on any atom is 0.459 e. The molecule has 1 saturated heterocycles. The van der Waals surface area contributed by atoms with Crippen molar-refractivity contribution in [3.63, 3.8) is 0 Å². The molecule has 3 heterocycles. The van der Waals surface area contributed by atoms with Gasteiger partial charge in [0, 0.05) is 6.04 Å². The zero-order valence-electron chi connectivity index (χ0n) is 22.4. The van der Waals surface area contributed by atoms with Crippen molar-refractivity contribution < 1.29 is 27.9 Å². The van der Waals surface area contributed by atoms with E-state index < -0.39 is 19.8 Å². The molecule has 1 aromatic carbocycles. The number of para-hydroxylation sites is 1. The van der Waals surface area contributed by atoms with Gasteiger partial charge in [-0.25, -0.2) is 19.5 Å². The van der Waals surface area contributed by atoms with Gasteiger partial charge in [0.15, 0.2) is 11.5 Å². The minimum absolute atomic E-state index is 0.0300. The molecule has 0 spiro atoms. The van der Waals surface area contributed by atoms with Crippen LogP contribution in [0.15, 0.2) is 43.0 Å². The number of esters is 1. The lowest BCUT2D eigenvalue weighted by molar-refractivity contribution is -0.142. The van der Waals surface area contributed by atoms with Crippen molar-refractivity contribution in [1.29, 1.82) is 0 Å². The van der Waals surface area contributed by atoms with E-state index in [0.717, 1.165) is 36.2 Å². The number of benzene rings is 1. The molecule has 2 N–H and O–H groups in total. The van der Waals surface area contributed by atoms with Crippen LogP contribution in [0.5, 0.6) is 5.75 Å². The van der Waals surface area contributed by atoms with Crippen molar-refractivity contribution in [3.8, 4) is 5.75 Å². The molecule has 2 bridgehead atoms. The Morgan fingerprint density at radius 1 is 1.18 bits per heavy atom. The van der Waals surface area contributed by atoms with E-state index in [9.17, 15) is 9.36 Å². The van der Waals surface area contributed by atoms with E-state index in [-0.39, 0.29) is 30.6 Å². The number of carbonyl (C=O) groups excluding carboxylic acids is 1. The third-order valence-electron chi connectivity index (χ3n) is 8.78. The van der Waals surface area contributed by atoms with Crippen LogP contribution in [0.3, 0.4) is 0 Å². The Balaban J connectivity index is 1.13. The van der Waals surface area contributed by atoms with Gasteiger partial charge in [-0.1, -0.05) is 18.2 Å². The Bertz CT molecular complexity index is 1450. The summed E-state index contributed by atoms with van der Waals surface area (Å²) in [5.41, 5.74) is 1.55. The van der Waals surface area contributed by atoms with Crippen molar-refractivity contribution in [2.24, 2.45) is 23.7 Å². The number of fused-ring (bicyclic) bond motifs is 2. The summed E-state index contributed by atoms with van der Waals surface area (Å²) in [7, 11) is -2.65. The summed E-state index contributed by atoms with van der Waals surface area (Å²) in [6.45, 7) is 2.39. The van der Waals surface area contributed by atoms with Crippen LogP contribution in [0, 0.1) is 23.7 Å². The zero-order chi connectivity index (χ0) is 27.4. The number of carbonyl (C=O) groups is 1. The molecule has 3 aliphatic carbocycles. The third-order valence-corrected chi connectivity index (χ3v) is 10.4. The highest BCUT2D eigenvalue weighted by Crippen LogP contribution is 2.62. The van der Waals surface area contributed by atoms with Crippen LogP contribution in [-0.2, 0) is 23.4 Å². The zero-order valence-corrected chi connectivity index (χ0v) is 23.3. The van der Waals surface area contributed by atoms with Crippen molar-refractivity contribution in [1.82, 2.24) is 24.6 Å². The number of nitrogens with zero attached hydrogens (tertiary/aromatic N) is 4. The largest absolute Gasteiger partial charge is 0.468 e. The Morgan fingerprint density at radius 2 is 2.00 bits per heavy atom. The second-order valence-electron chi connectivity index (χ2n) is 11.2. The molecule has 0 amide bonds. The molecule has 7 unspecified atom stereocenters. The number of hydrogen-bond donors (Lipinski definition) is 2. The van der Waals surface area contributed by atoms with Gasteiger partial charge in [0.25, 0.3) is 0 Å². The Labute approximate surface area is 231 Å². The molecule has 4 aliphatic rings. The number of rotatable bonds is 11. The van der Waals surface area contributed by atoms with Gasteiger partial charge in [0.05, 0.1) is 38.8 Å². The van der Waals surface area contributed by atoms with Gasteiger partial charge in [0.1, 0.15) is 23.6 Å².